The second kappa shape index (κ2) is 8.50. The fourth-order valence-electron chi connectivity index (χ4n) is 2.66. The average molecular weight is 528 g/mol. The van der Waals surface area contributed by atoms with E-state index in [4.69, 9.17) is 0 Å². The number of aryl methyl sites for hydroxylation is 1. The molecule has 0 amide bonds. The third-order valence-electron chi connectivity index (χ3n) is 4.24. The number of benzene rings is 2. The maximum Gasteiger partial charge on any atom is 0.416 e. The topological polar surface area (TPSA) is 110 Å². The van der Waals surface area contributed by atoms with Gasteiger partial charge in [-0.15, -0.1) is 0 Å². The molecule has 0 radical (unpaired) electrons. The second-order valence-electron chi connectivity index (χ2n) is 6.85. The molecule has 0 fully saturated rings. The van der Waals surface area contributed by atoms with E-state index < -0.39 is 48.4 Å². The van der Waals surface area contributed by atoms with Crippen molar-refractivity contribution < 1.29 is 43.2 Å². The molecule has 2 aromatic carbocycles. The fourth-order valence-corrected chi connectivity index (χ4v) is 4.79. The van der Waals surface area contributed by atoms with E-state index in [1.165, 1.54) is 16.9 Å². The third kappa shape index (κ3) is 5.80. The molecule has 0 saturated carbocycles. The van der Waals surface area contributed by atoms with Crippen molar-refractivity contribution >= 4 is 31.6 Å². The number of nitrogens with one attached hydrogen (secondary N) is 2. The van der Waals surface area contributed by atoms with Gasteiger partial charge in [0.2, 0.25) is 0 Å². The lowest BCUT2D eigenvalue weighted by Crippen LogP contribution is -2.17. The first-order valence-electron chi connectivity index (χ1n) is 8.92. The second-order valence-corrected chi connectivity index (χ2v) is 10.2. The van der Waals surface area contributed by atoms with Crippen LogP contribution in [0.3, 0.4) is 0 Å². The van der Waals surface area contributed by atoms with Crippen molar-refractivity contribution in [1.82, 2.24) is 9.78 Å². The van der Waals surface area contributed by atoms with Gasteiger partial charge in [0.1, 0.15) is 0 Å². The first-order chi connectivity index (χ1) is 15.5. The van der Waals surface area contributed by atoms with Crippen LogP contribution in [0, 0.1) is 0 Å². The predicted molar refractivity (Wildman–Crippen MR) is 108 cm³/mol. The van der Waals surface area contributed by atoms with Gasteiger partial charge in [0.05, 0.1) is 20.9 Å². The molecular formula is C18H14F6N4O4S2. The molecule has 1 heterocycles. The number of anilines is 2. The Balaban J connectivity index is 1.89. The van der Waals surface area contributed by atoms with Crippen LogP contribution < -0.4 is 9.44 Å². The number of nitrogens with zero attached hydrogens (tertiary/aromatic N) is 2. The Morgan fingerprint density at radius 2 is 1.24 bits per heavy atom. The molecule has 0 aliphatic heterocycles. The van der Waals surface area contributed by atoms with Crippen LogP contribution >= 0.6 is 0 Å². The van der Waals surface area contributed by atoms with E-state index in [2.05, 4.69) is 9.82 Å². The van der Waals surface area contributed by atoms with Crippen molar-refractivity contribution in [2.75, 3.05) is 9.44 Å². The molecule has 184 valence electrons. The maximum absolute atomic E-state index is 13.0. The lowest BCUT2D eigenvalue weighted by molar-refractivity contribution is -0.143. The monoisotopic (exact) mass is 528 g/mol. The Morgan fingerprint density at radius 1 is 0.735 bits per heavy atom. The zero-order valence-electron chi connectivity index (χ0n) is 16.8. The molecule has 0 aliphatic rings. The number of aromatic nitrogens is 2. The van der Waals surface area contributed by atoms with Gasteiger partial charge in [-0.2, -0.15) is 31.4 Å². The van der Waals surface area contributed by atoms with Crippen molar-refractivity contribution in [1.29, 1.82) is 0 Å². The van der Waals surface area contributed by atoms with Crippen LogP contribution in [0.1, 0.15) is 11.1 Å². The Morgan fingerprint density at radius 3 is 1.68 bits per heavy atom. The number of sulfonamides is 2. The summed E-state index contributed by atoms with van der Waals surface area (Å²) in [4.78, 5) is -1.58. The van der Waals surface area contributed by atoms with Gasteiger partial charge in [-0.1, -0.05) is 0 Å². The van der Waals surface area contributed by atoms with E-state index >= 15 is 0 Å². The van der Waals surface area contributed by atoms with Gasteiger partial charge in [0.15, 0.2) is 5.82 Å². The SMILES string of the molecule is Cn1ccc(NS(=O)(=O)c2ccc(NS(=O)(=O)c3cc(C(F)(F)F)cc(C(F)(F)F)c3)cc2)n1. The van der Waals surface area contributed by atoms with Crippen molar-refractivity contribution in [3.63, 3.8) is 0 Å². The van der Waals surface area contributed by atoms with Crippen molar-refractivity contribution in [3.8, 4) is 0 Å². The van der Waals surface area contributed by atoms with Crippen LogP contribution in [-0.2, 0) is 39.4 Å². The molecule has 2 N–H and O–H groups in total. The van der Waals surface area contributed by atoms with E-state index in [-0.39, 0.29) is 34.6 Å². The number of halogens is 6. The van der Waals surface area contributed by atoms with Crippen LogP contribution in [0.4, 0.5) is 37.8 Å². The largest absolute Gasteiger partial charge is 0.416 e. The highest BCUT2D eigenvalue weighted by molar-refractivity contribution is 7.93. The molecule has 3 aromatic rings. The summed E-state index contributed by atoms with van der Waals surface area (Å²) in [5, 5.41) is 3.84. The Hall–Kier alpha value is -3.27. The summed E-state index contributed by atoms with van der Waals surface area (Å²) in [6.45, 7) is 0. The summed E-state index contributed by atoms with van der Waals surface area (Å²) in [5.74, 6) is 0.0114. The normalized spacial score (nSPS) is 13.0. The summed E-state index contributed by atoms with van der Waals surface area (Å²) >= 11 is 0. The van der Waals surface area contributed by atoms with Crippen molar-refractivity contribution in [2.24, 2.45) is 7.05 Å². The minimum Gasteiger partial charge on any atom is -0.280 e. The van der Waals surface area contributed by atoms with Crippen LogP contribution in [0.15, 0.2) is 64.5 Å². The average Bonchev–Trinajstić information content (AvgIpc) is 3.10. The van der Waals surface area contributed by atoms with Gasteiger partial charge >= 0.3 is 12.4 Å². The highest BCUT2D eigenvalue weighted by atomic mass is 32.2. The molecule has 0 atom stereocenters. The third-order valence-corrected chi connectivity index (χ3v) is 6.97. The molecule has 0 spiro atoms. The minimum atomic E-state index is -5.23. The lowest BCUT2D eigenvalue weighted by Gasteiger charge is -2.15. The van der Waals surface area contributed by atoms with E-state index in [9.17, 15) is 43.2 Å². The molecule has 3 rings (SSSR count). The number of rotatable bonds is 6. The molecule has 34 heavy (non-hydrogen) atoms. The zero-order chi connectivity index (χ0) is 25.5. The van der Waals surface area contributed by atoms with Gasteiger partial charge in [-0.3, -0.25) is 14.1 Å². The van der Waals surface area contributed by atoms with Gasteiger partial charge in [0, 0.05) is 25.0 Å². The number of hydrogen-bond donors (Lipinski definition) is 2. The number of alkyl halides is 6. The first kappa shape index (κ1) is 25.4. The van der Waals surface area contributed by atoms with Gasteiger partial charge < -0.3 is 0 Å². The lowest BCUT2D eigenvalue weighted by atomic mass is 10.1. The molecule has 0 aliphatic carbocycles. The molecule has 0 bridgehead atoms. The van der Waals surface area contributed by atoms with Crippen LogP contribution in [-0.4, -0.2) is 26.6 Å². The molecule has 16 heteroatoms. The quantitative estimate of drug-likeness (QED) is 0.469. The van der Waals surface area contributed by atoms with Crippen molar-refractivity contribution in [2.45, 2.75) is 22.1 Å². The predicted octanol–water partition coefficient (Wildman–Crippen LogP) is 4.06. The van der Waals surface area contributed by atoms with Crippen molar-refractivity contribution in [3.05, 3.63) is 65.9 Å². The minimum absolute atomic E-state index is 0.0114. The van der Waals surface area contributed by atoms with E-state index in [1.807, 2.05) is 4.72 Å². The molecular weight excluding hydrogens is 514 g/mol. The highest BCUT2D eigenvalue weighted by Gasteiger charge is 2.38. The molecule has 0 unspecified atom stereocenters. The van der Waals surface area contributed by atoms with Crippen LogP contribution in [0.5, 0.6) is 0 Å². The van der Waals surface area contributed by atoms with Gasteiger partial charge in [-0.25, -0.2) is 16.8 Å². The summed E-state index contributed by atoms with van der Waals surface area (Å²) in [6, 6.07) is 5.22. The first-order valence-corrected chi connectivity index (χ1v) is 11.9. The number of hydrogen-bond acceptors (Lipinski definition) is 5. The fraction of sp³-hybridized carbons (Fsp3) is 0.167. The van der Waals surface area contributed by atoms with E-state index in [1.54, 1.807) is 7.05 Å². The molecule has 8 nitrogen and oxygen atoms in total. The van der Waals surface area contributed by atoms with E-state index in [0.717, 1.165) is 24.3 Å². The summed E-state index contributed by atoms with van der Waals surface area (Å²) < 4.78 is 133. The Kier molecular flexibility index (Phi) is 6.34. The molecule has 0 saturated heterocycles. The summed E-state index contributed by atoms with van der Waals surface area (Å²) in [5.41, 5.74) is -3.91. The smallest absolute Gasteiger partial charge is 0.280 e. The van der Waals surface area contributed by atoms with Crippen LogP contribution in [0.2, 0.25) is 0 Å². The Labute approximate surface area is 189 Å². The standard InChI is InChI=1S/C18H14F6N4O4S2/c1-28-7-6-16(25-28)27-33(29,30)14-4-2-13(3-5-14)26-34(31,32)15-9-11(17(19,20)21)8-12(10-15)18(22,23)24/h2-10,26H,1H3,(H,25,27). The Bertz CT molecular complexity index is 1380. The highest BCUT2D eigenvalue weighted by Crippen LogP contribution is 2.37. The maximum atomic E-state index is 13.0. The summed E-state index contributed by atoms with van der Waals surface area (Å²) in [7, 11) is -7.45. The van der Waals surface area contributed by atoms with Crippen LogP contribution in [0.25, 0.3) is 0 Å². The van der Waals surface area contributed by atoms with Gasteiger partial charge in [-0.05, 0) is 42.5 Å². The van der Waals surface area contributed by atoms with E-state index in [0.29, 0.717) is 0 Å². The van der Waals surface area contributed by atoms with Gasteiger partial charge in [0.25, 0.3) is 20.0 Å². The summed E-state index contributed by atoms with van der Waals surface area (Å²) in [6.07, 6.45) is -8.99. The zero-order valence-corrected chi connectivity index (χ0v) is 18.4. The molecule has 1 aromatic heterocycles.